The molecule has 0 saturated carbocycles. The van der Waals surface area contributed by atoms with Crippen LogP contribution in [0.5, 0.6) is 0 Å². The summed E-state index contributed by atoms with van der Waals surface area (Å²) in [5.41, 5.74) is -0.0794. The first-order chi connectivity index (χ1) is 5.65. The van der Waals surface area contributed by atoms with Crippen LogP contribution in [0, 0.1) is 0 Å². The molecule has 0 spiro atoms. The van der Waals surface area contributed by atoms with E-state index in [4.69, 9.17) is 5.11 Å². The van der Waals surface area contributed by atoms with Crippen LogP contribution in [-0.2, 0) is 0 Å². The van der Waals surface area contributed by atoms with Gasteiger partial charge in [-0.3, -0.25) is 4.79 Å². The van der Waals surface area contributed by atoms with Gasteiger partial charge in [0.15, 0.2) is 10.7 Å². The van der Waals surface area contributed by atoms with E-state index in [0.717, 1.165) is 11.3 Å². The zero-order valence-electron chi connectivity index (χ0n) is 5.78. The van der Waals surface area contributed by atoms with E-state index in [2.05, 4.69) is 20.9 Å². The van der Waals surface area contributed by atoms with Crippen molar-refractivity contribution in [2.45, 2.75) is 0 Å². The van der Waals surface area contributed by atoms with E-state index in [1.165, 1.54) is 5.38 Å². The SMILES string of the molecule is O=C(O)c1csc(C(=O)CBr)n1. The molecule has 1 N–H and O–H groups in total. The number of aromatic nitrogens is 1. The smallest absolute Gasteiger partial charge is 0.355 e. The van der Waals surface area contributed by atoms with Gasteiger partial charge in [0.2, 0.25) is 5.78 Å². The van der Waals surface area contributed by atoms with Crippen molar-refractivity contribution in [1.29, 1.82) is 0 Å². The molecule has 6 heteroatoms. The maximum Gasteiger partial charge on any atom is 0.355 e. The fraction of sp³-hybridized carbons (Fsp3) is 0.167. The Morgan fingerprint density at radius 1 is 1.67 bits per heavy atom. The number of alkyl halides is 1. The van der Waals surface area contributed by atoms with E-state index in [1.54, 1.807) is 0 Å². The third kappa shape index (κ3) is 1.89. The summed E-state index contributed by atoms with van der Waals surface area (Å²) >= 11 is 4.01. The Hall–Kier alpha value is -0.750. The summed E-state index contributed by atoms with van der Waals surface area (Å²) in [5, 5.41) is 10.2. The van der Waals surface area contributed by atoms with Gasteiger partial charge in [-0.25, -0.2) is 9.78 Å². The van der Waals surface area contributed by atoms with Gasteiger partial charge in [0, 0.05) is 5.38 Å². The van der Waals surface area contributed by atoms with Crippen molar-refractivity contribution >= 4 is 39.0 Å². The molecule has 12 heavy (non-hydrogen) atoms. The molecule has 1 aromatic heterocycles. The largest absolute Gasteiger partial charge is 0.476 e. The summed E-state index contributed by atoms with van der Waals surface area (Å²) in [4.78, 5) is 24.9. The van der Waals surface area contributed by atoms with Crippen molar-refractivity contribution in [2.24, 2.45) is 0 Å². The first-order valence-electron chi connectivity index (χ1n) is 2.93. The summed E-state index contributed by atoms with van der Waals surface area (Å²) < 4.78 is 0. The topological polar surface area (TPSA) is 67.3 Å². The van der Waals surface area contributed by atoms with Crippen molar-refractivity contribution in [1.82, 2.24) is 4.98 Å². The van der Waals surface area contributed by atoms with E-state index in [9.17, 15) is 9.59 Å². The normalized spacial score (nSPS) is 9.75. The Balaban J connectivity index is 2.91. The highest BCUT2D eigenvalue weighted by atomic mass is 79.9. The fourth-order valence-corrected chi connectivity index (χ4v) is 1.74. The van der Waals surface area contributed by atoms with Crippen molar-refractivity contribution in [3.63, 3.8) is 0 Å². The molecule has 0 bridgehead atoms. The Bertz CT molecular complexity index is 322. The van der Waals surface area contributed by atoms with Gasteiger partial charge in [-0.15, -0.1) is 11.3 Å². The van der Waals surface area contributed by atoms with Crippen LogP contribution in [0.3, 0.4) is 0 Å². The van der Waals surface area contributed by atoms with Crippen LogP contribution >= 0.6 is 27.3 Å². The lowest BCUT2D eigenvalue weighted by Crippen LogP contribution is -2.01. The monoisotopic (exact) mass is 249 g/mol. The number of hydrogen-bond donors (Lipinski definition) is 1. The van der Waals surface area contributed by atoms with Gasteiger partial charge >= 0.3 is 5.97 Å². The fourth-order valence-electron chi connectivity index (χ4n) is 0.557. The highest BCUT2D eigenvalue weighted by molar-refractivity contribution is 9.09. The number of carboxylic acids is 1. The van der Waals surface area contributed by atoms with Crippen LogP contribution in [0.1, 0.15) is 20.3 Å². The predicted molar refractivity (Wildman–Crippen MR) is 47.2 cm³/mol. The number of rotatable bonds is 3. The van der Waals surface area contributed by atoms with Crippen LogP contribution in [0.4, 0.5) is 0 Å². The van der Waals surface area contributed by atoms with Crippen LogP contribution in [-0.4, -0.2) is 27.2 Å². The van der Waals surface area contributed by atoms with Gasteiger partial charge in [-0.1, -0.05) is 15.9 Å². The van der Waals surface area contributed by atoms with Crippen LogP contribution in [0.2, 0.25) is 0 Å². The van der Waals surface area contributed by atoms with Crippen molar-refractivity contribution < 1.29 is 14.7 Å². The van der Waals surface area contributed by atoms with Gasteiger partial charge in [0.1, 0.15) is 0 Å². The number of hydrogen-bond acceptors (Lipinski definition) is 4. The van der Waals surface area contributed by atoms with Crippen molar-refractivity contribution in [3.05, 3.63) is 16.1 Å². The van der Waals surface area contributed by atoms with Crippen LogP contribution in [0.25, 0.3) is 0 Å². The maximum absolute atomic E-state index is 11.0. The third-order valence-corrected chi connectivity index (χ3v) is 2.48. The second-order valence-electron chi connectivity index (χ2n) is 1.90. The summed E-state index contributed by atoms with van der Waals surface area (Å²) in [6, 6.07) is 0. The molecular weight excluding hydrogens is 246 g/mol. The highest BCUT2D eigenvalue weighted by Crippen LogP contribution is 2.11. The molecule has 0 saturated heterocycles. The molecule has 0 radical (unpaired) electrons. The molecule has 0 aromatic carbocycles. The lowest BCUT2D eigenvalue weighted by molar-refractivity contribution is 0.0691. The number of carbonyl (C=O) groups excluding carboxylic acids is 1. The summed E-state index contributed by atoms with van der Waals surface area (Å²) in [6.45, 7) is 0. The molecule has 0 aliphatic rings. The Morgan fingerprint density at radius 3 is 2.75 bits per heavy atom. The van der Waals surface area contributed by atoms with E-state index in [1.807, 2.05) is 0 Å². The van der Waals surface area contributed by atoms with Crippen molar-refractivity contribution in [2.75, 3.05) is 5.33 Å². The first-order valence-corrected chi connectivity index (χ1v) is 4.93. The molecule has 0 fully saturated rings. The van der Waals surface area contributed by atoms with E-state index >= 15 is 0 Å². The zero-order chi connectivity index (χ0) is 9.14. The molecule has 1 aromatic rings. The number of halogens is 1. The van der Waals surface area contributed by atoms with Gasteiger partial charge < -0.3 is 5.11 Å². The second kappa shape index (κ2) is 3.77. The van der Waals surface area contributed by atoms with Gasteiger partial charge in [0.05, 0.1) is 5.33 Å². The molecule has 0 aliphatic heterocycles. The zero-order valence-corrected chi connectivity index (χ0v) is 8.18. The van der Waals surface area contributed by atoms with Gasteiger partial charge in [0.25, 0.3) is 0 Å². The summed E-state index contributed by atoms with van der Waals surface area (Å²) in [7, 11) is 0. The quantitative estimate of drug-likeness (QED) is 0.650. The lowest BCUT2D eigenvalue weighted by Gasteiger charge is -1.85. The lowest BCUT2D eigenvalue weighted by atomic mass is 10.4. The number of carboxylic acid groups (broad SMARTS) is 1. The Kier molecular flexibility index (Phi) is 2.93. The summed E-state index contributed by atoms with van der Waals surface area (Å²) in [5.74, 6) is -1.31. The molecule has 1 rings (SSSR count). The Labute approximate surface area is 80.4 Å². The number of Topliss-reactive ketones (excluding diaryl/α,β-unsaturated/α-hetero) is 1. The summed E-state index contributed by atoms with van der Waals surface area (Å²) in [6.07, 6.45) is 0. The average molecular weight is 250 g/mol. The molecule has 0 amide bonds. The maximum atomic E-state index is 11.0. The minimum atomic E-state index is -1.11. The first kappa shape index (κ1) is 9.34. The number of ketones is 1. The molecule has 1 heterocycles. The molecule has 0 aliphatic carbocycles. The number of aromatic carboxylic acids is 1. The van der Waals surface area contributed by atoms with Crippen LogP contribution in [0.15, 0.2) is 5.38 Å². The molecule has 4 nitrogen and oxygen atoms in total. The van der Waals surface area contributed by atoms with Gasteiger partial charge in [-0.05, 0) is 0 Å². The predicted octanol–water partition coefficient (Wildman–Crippen LogP) is 1.42. The number of carbonyl (C=O) groups is 2. The minimum Gasteiger partial charge on any atom is -0.476 e. The number of thiazole rings is 1. The van der Waals surface area contributed by atoms with Gasteiger partial charge in [-0.2, -0.15) is 0 Å². The second-order valence-corrected chi connectivity index (χ2v) is 3.32. The van der Waals surface area contributed by atoms with Crippen LogP contribution < -0.4 is 0 Å². The minimum absolute atomic E-state index is 0.0794. The Morgan fingerprint density at radius 2 is 2.33 bits per heavy atom. The standard InChI is InChI=1S/C6H4BrNO3S/c7-1-4(9)5-8-3(2-12-5)6(10)11/h2H,1H2,(H,10,11). The highest BCUT2D eigenvalue weighted by Gasteiger charge is 2.12. The molecular formula is C6H4BrNO3S. The molecule has 64 valence electrons. The van der Waals surface area contributed by atoms with E-state index < -0.39 is 5.97 Å². The number of nitrogens with zero attached hydrogens (tertiary/aromatic N) is 1. The third-order valence-electron chi connectivity index (χ3n) is 1.08. The van der Waals surface area contributed by atoms with E-state index in [0.29, 0.717) is 0 Å². The average Bonchev–Trinajstić information content (AvgIpc) is 2.51. The molecule has 0 atom stereocenters. The molecule has 0 unspecified atom stereocenters. The van der Waals surface area contributed by atoms with Crippen molar-refractivity contribution in [3.8, 4) is 0 Å². The van der Waals surface area contributed by atoms with E-state index in [-0.39, 0.29) is 21.8 Å².